The first-order valence-corrected chi connectivity index (χ1v) is 9.36. The van der Waals surface area contributed by atoms with E-state index in [0.29, 0.717) is 25.0 Å². The van der Waals surface area contributed by atoms with Crippen LogP contribution in [-0.2, 0) is 0 Å². The molecule has 2 aromatic rings. The molecule has 0 spiro atoms. The fourth-order valence-electron chi connectivity index (χ4n) is 3.65. The van der Waals surface area contributed by atoms with E-state index in [1.165, 1.54) is 25.7 Å². The molecule has 1 aliphatic carbocycles. The molecular formula is C20H25N3O2. The van der Waals surface area contributed by atoms with E-state index in [1.54, 1.807) is 0 Å². The van der Waals surface area contributed by atoms with Crippen molar-refractivity contribution in [1.82, 2.24) is 15.2 Å². The van der Waals surface area contributed by atoms with Gasteiger partial charge in [0.25, 0.3) is 0 Å². The maximum atomic E-state index is 12.3. The van der Waals surface area contributed by atoms with Gasteiger partial charge in [0.1, 0.15) is 6.10 Å². The number of amides is 2. The fraction of sp³-hybridized carbons (Fsp3) is 0.500. The van der Waals surface area contributed by atoms with Crippen molar-refractivity contribution in [3.05, 3.63) is 36.4 Å². The largest absolute Gasteiger partial charge is 0.471 e. The highest BCUT2D eigenvalue weighted by Crippen LogP contribution is 2.21. The normalized spacial score (nSPS) is 19.3. The number of rotatable bonds is 3. The third-order valence-corrected chi connectivity index (χ3v) is 5.18. The third-order valence-electron chi connectivity index (χ3n) is 5.18. The van der Waals surface area contributed by atoms with Gasteiger partial charge in [-0.3, -0.25) is 0 Å². The molecule has 2 fully saturated rings. The second-order valence-corrected chi connectivity index (χ2v) is 7.13. The molecule has 1 aliphatic heterocycles. The van der Waals surface area contributed by atoms with Gasteiger partial charge in [0.2, 0.25) is 5.88 Å². The first-order chi connectivity index (χ1) is 12.3. The number of nitrogens with zero attached hydrogens (tertiary/aromatic N) is 2. The smallest absolute Gasteiger partial charge is 0.317 e. The van der Waals surface area contributed by atoms with Crippen molar-refractivity contribution >= 4 is 16.9 Å². The third kappa shape index (κ3) is 3.86. The summed E-state index contributed by atoms with van der Waals surface area (Å²) in [7, 11) is 0. The van der Waals surface area contributed by atoms with Crippen molar-refractivity contribution in [3.8, 4) is 5.88 Å². The standard InChI is InChI=1S/C20H25N3O2/c24-20(21-16-8-3-1-2-4-9-16)23-13-17(14-23)25-19-12-11-15-7-5-6-10-18(15)22-19/h5-7,10-12,16-17H,1-4,8-9,13-14H2,(H,21,24). The van der Waals surface area contributed by atoms with Gasteiger partial charge in [-0.15, -0.1) is 0 Å². The zero-order chi connectivity index (χ0) is 17.1. The van der Waals surface area contributed by atoms with Gasteiger partial charge in [-0.05, 0) is 25.0 Å². The van der Waals surface area contributed by atoms with Gasteiger partial charge in [-0.25, -0.2) is 9.78 Å². The Kier molecular flexibility index (Phi) is 4.72. The molecule has 25 heavy (non-hydrogen) atoms. The number of para-hydroxylation sites is 1. The molecule has 5 heteroatoms. The number of carbonyl (C=O) groups is 1. The SMILES string of the molecule is O=C(NC1CCCCCC1)N1CC(Oc2ccc3ccccc3n2)C1. The molecule has 1 aromatic carbocycles. The molecule has 2 aliphatic rings. The second-order valence-electron chi connectivity index (χ2n) is 7.13. The van der Waals surface area contributed by atoms with Gasteiger partial charge < -0.3 is 15.0 Å². The summed E-state index contributed by atoms with van der Waals surface area (Å²) in [5.74, 6) is 0.632. The van der Waals surface area contributed by atoms with E-state index >= 15 is 0 Å². The fourth-order valence-corrected chi connectivity index (χ4v) is 3.65. The lowest BCUT2D eigenvalue weighted by molar-refractivity contribution is 0.0405. The molecule has 2 amide bonds. The molecule has 0 atom stereocenters. The monoisotopic (exact) mass is 339 g/mol. The number of likely N-dealkylation sites (tertiary alicyclic amines) is 1. The maximum absolute atomic E-state index is 12.3. The summed E-state index contributed by atoms with van der Waals surface area (Å²) in [6.45, 7) is 1.26. The lowest BCUT2D eigenvalue weighted by Gasteiger charge is -2.39. The van der Waals surface area contributed by atoms with E-state index in [9.17, 15) is 4.79 Å². The number of carbonyl (C=O) groups excluding carboxylic acids is 1. The van der Waals surface area contributed by atoms with Crippen molar-refractivity contribution in [2.24, 2.45) is 0 Å². The molecule has 1 saturated heterocycles. The topological polar surface area (TPSA) is 54.5 Å². The number of fused-ring (bicyclic) bond motifs is 1. The van der Waals surface area contributed by atoms with E-state index in [2.05, 4.69) is 10.3 Å². The Bertz CT molecular complexity index is 735. The Morgan fingerprint density at radius 3 is 2.60 bits per heavy atom. The molecule has 0 unspecified atom stereocenters. The number of hydrogen-bond acceptors (Lipinski definition) is 3. The highest BCUT2D eigenvalue weighted by molar-refractivity contribution is 5.78. The quantitative estimate of drug-likeness (QED) is 0.867. The van der Waals surface area contributed by atoms with Crippen LogP contribution in [0.4, 0.5) is 4.79 Å². The van der Waals surface area contributed by atoms with Gasteiger partial charge in [-0.1, -0.05) is 43.9 Å². The van der Waals surface area contributed by atoms with Crippen molar-refractivity contribution in [1.29, 1.82) is 0 Å². The average molecular weight is 339 g/mol. The van der Waals surface area contributed by atoms with E-state index < -0.39 is 0 Å². The molecule has 1 aromatic heterocycles. The van der Waals surface area contributed by atoms with Crippen molar-refractivity contribution in [2.45, 2.75) is 50.7 Å². The minimum atomic E-state index is 0.0357. The highest BCUT2D eigenvalue weighted by Gasteiger charge is 2.33. The second kappa shape index (κ2) is 7.30. The van der Waals surface area contributed by atoms with Crippen LogP contribution in [-0.4, -0.2) is 41.2 Å². The summed E-state index contributed by atoms with van der Waals surface area (Å²) in [5.41, 5.74) is 0.933. The minimum Gasteiger partial charge on any atom is -0.471 e. The molecule has 0 radical (unpaired) electrons. The zero-order valence-electron chi connectivity index (χ0n) is 14.5. The maximum Gasteiger partial charge on any atom is 0.317 e. The molecule has 5 nitrogen and oxygen atoms in total. The molecule has 4 rings (SSSR count). The average Bonchev–Trinajstić information content (AvgIpc) is 2.86. The number of benzene rings is 1. The van der Waals surface area contributed by atoms with Crippen LogP contribution in [0.15, 0.2) is 36.4 Å². The Labute approximate surface area is 148 Å². The number of pyridine rings is 1. The van der Waals surface area contributed by atoms with Crippen LogP contribution in [0.3, 0.4) is 0 Å². The van der Waals surface area contributed by atoms with Crippen LogP contribution in [0.1, 0.15) is 38.5 Å². The number of urea groups is 1. The van der Waals surface area contributed by atoms with Crippen LogP contribution >= 0.6 is 0 Å². The lowest BCUT2D eigenvalue weighted by atomic mass is 10.1. The zero-order valence-corrected chi connectivity index (χ0v) is 14.5. The Morgan fingerprint density at radius 1 is 1.04 bits per heavy atom. The summed E-state index contributed by atoms with van der Waals surface area (Å²) in [6.07, 6.45) is 7.30. The summed E-state index contributed by atoms with van der Waals surface area (Å²) in [4.78, 5) is 18.7. The summed E-state index contributed by atoms with van der Waals surface area (Å²) in [5, 5.41) is 4.29. The number of aromatic nitrogens is 1. The van der Waals surface area contributed by atoms with Crippen molar-refractivity contribution in [2.75, 3.05) is 13.1 Å². The molecule has 1 saturated carbocycles. The van der Waals surface area contributed by atoms with Gasteiger partial charge >= 0.3 is 6.03 Å². The lowest BCUT2D eigenvalue weighted by Crippen LogP contribution is -2.60. The summed E-state index contributed by atoms with van der Waals surface area (Å²) < 4.78 is 5.92. The molecular weight excluding hydrogens is 314 g/mol. The van der Waals surface area contributed by atoms with Crippen molar-refractivity contribution in [3.63, 3.8) is 0 Å². The van der Waals surface area contributed by atoms with Crippen LogP contribution in [0.5, 0.6) is 5.88 Å². The Hall–Kier alpha value is -2.30. The highest BCUT2D eigenvalue weighted by atomic mass is 16.5. The van der Waals surface area contributed by atoms with E-state index in [4.69, 9.17) is 4.74 Å². The number of ether oxygens (including phenoxy) is 1. The van der Waals surface area contributed by atoms with E-state index in [0.717, 1.165) is 23.7 Å². The van der Waals surface area contributed by atoms with Crippen molar-refractivity contribution < 1.29 is 9.53 Å². The number of nitrogens with one attached hydrogen (secondary N) is 1. The van der Waals surface area contributed by atoms with Crippen LogP contribution in [0.2, 0.25) is 0 Å². The minimum absolute atomic E-state index is 0.0357. The van der Waals surface area contributed by atoms with E-state index in [-0.39, 0.29) is 12.1 Å². The predicted molar refractivity (Wildman–Crippen MR) is 97.8 cm³/mol. The van der Waals surface area contributed by atoms with E-state index in [1.807, 2.05) is 41.3 Å². The molecule has 1 N–H and O–H groups in total. The van der Waals surface area contributed by atoms with Crippen LogP contribution < -0.4 is 10.1 Å². The first kappa shape index (κ1) is 16.2. The molecule has 0 bridgehead atoms. The Morgan fingerprint density at radius 2 is 1.80 bits per heavy atom. The Balaban J connectivity index is 1.27. The number of hydrogen-bond donors (Lipinski definition) is 1. The van der Waals surface area contributed by atoms with Gasteiger partial charge in [0.15, 0.2) is 0 Å². The molecule has 2 heterocycles. The summed E-state index contributed by atoms with van der Waals surface area (Å²) >= 11 is 0. The van der Waals surface area contributed by atoms with Crippen LogP contribution in [0.25, 0.3) is 10.9 Å². The van der Waals surface area contributed by atoms with Gasteiger partial charge in [-0.2, -0.15) is 0 Å². The van der Waals surface area contributed by atoms with Gasteiger partial charge in [0.05, 0.1) is 18.6 Å². The first-order valence-electron chi connectivity index (χ1n) is 9.36. The van der Waals surface area contributed by atoms with Gasteiger partial charge in [0, 0.05) is 17.5 Å². The molecule has 132 valence electrons. The predicted octanol–water partition coefficient (Wildman–Crippen LogP) is 3.73. The summed E-state index contributed by atoms with van der Waals surface area (Å²) in [6, 6.07) is 12.3. The van der Waals surface area contributed by atoms with Crippen LogP contribution in [0, 0.1) is 0 Å².